The van der Waals surface area contributed by atoms with Crippen LogP contribution in [0.1, 0.15) is 22.4 Å². The van der Waals surface area contributed by atoms with E-state index in [-0.39, 0.29) is 0 Å². The van der Waals surface area contributed by atoms with Crippen molar-refractivity contribution >= 4 is 0 Å². The lowest BCUT2D eigenvalue weighted by Gasteiger charge is -2.13. The van der Waals surface area contributed by atoms with E-state index in [1.165, 1.54) is 11.1 Å². The van der Waals surface area contributed by atoms with E-state index >= 15 is 0 Å². The highest BCUT2D eigenvalue weighted by Gasteiger charge is 2.17. The number of nitrogens with two attached hydrogens (primary N) is 1. The summed E-state index contributed by atoms with van der Waals surface area (Å²) < 4.78 is 1.91. The van der Waals surface area contributed by atoms with E-state index in [1.54, 1.807) is 0 Å². The second-order valence-corrected chi connectivity index (χ2v) is 5.61. The SMILES string of the molecule is Cc1ccc(C)c(-n2nnc(CN)c2-c2ccccc2C)c1. The van der Waals surface area contributed by atoms with Crippen LogP contribution in [0.25, 0.3) is 16.9 Å². The summed E-state index contributed by atoms with van der Waals surface area (Å²) in [4.78, 5) is 0. The Morgan fingerprint density at radius 1 is 1.00 bits per heavy atom. The second-order valence-electron chi connectivity index (χ2n) is 5.61. The predicted molar refractivity (Wildman–Crippen MR) is 88.9 cm³/mol. The van der Waals surface area contributed by atoms with E-state index in [9.17, 15) is 0 Å². The summed E-state index contributed by atoms with van der Waals surface area (Å²) >= 11 is 0. The molecule has 4 nitrogen and oxygen atoms in total. The molecule has 0 saturated carbocycles. The molecule has 1 heterocycles. The summed E-state index contributed by atoms with van der Waals surface area (Å²) in [5.41, 5.74) is 13.4. The van der Waals surface area contributed by atoms with Crippen molar-refractivity contribution in [1.29, 1.82) is 0 Å². The Balaban J connectivity index is 2.29. The molecule has 0 aliphatic rings. The standard InChI is InChI=1S/C18H20N4/c1-12-8-9-14(3)17(10-12)22-18(16(11-19)20-21-22)15-7-5-4-6-13(15)2/h4-10H,11,19H2,1-3H3. The van der Waals surface area contributed by atoms with Crippen molar-refractivity contribution in [2.24, 2.45) is 5.73 Å². The van der Waals surface area contributed by atoms with E-state index in [0.29, 0.717) is 6.54 Å². The highest BCUT2D eigenvalue weighted by Crippen LogP contribution is 2.29. The highest BCUT2D eigenvalue weighted by atomic mass is 15.4. The van der Waals surface area contributed by atoms with Gasteiger partial charge in [0.05, 0.1) is 11.4 Å². The number of benzene rings is 2. The molecular formula is C18H20N4. The summed E-state index contributed by atoms with van der Waals surface area (Å²) in [6.07, 6.45) is 0. The summed E-state index contributed by atoms with van der Waals surface area (Å²) in [5, 5.41) is 8.65. The maximum Gasteiger partial charge on any atom is 0.105 e. The van der Waals surface area contributed by atoms with Gasteiger partial charge in [0.2, 0.25) is 0 Å². The topological polar surface area (TPSA) is 56.7 Å². The summed E-state index contributed by atoms with van der Waals surface area (Å²) in [6.45, 7) is 6.63. The minimum atomic E-state index is 0.370. The lowest BCUT2D eigenvalue weighted by atomic mass is 10.0. The molecule has 22 heavy (non-hydrogen) atoms. The minimum absolute atomic E-state index is 0.370. The molecule has 0 unspecified atom stereocenters. The molecule has 0 aliphatic carbocycles. The fraction of sp³-hybridized carbons (Fsp3) is 0.222. The van der Waals surface area contributed by atoms with Crippen LogP contribution in [-0.2, 0) is 6.54 Å². The summed E-state index contributed by atoms with van der Waals surface area (Å²) in [5.74, 6) is 0. The Hall–Kier alpha value is -2.46. The maximum absolute atomic E-state index is 5.88. The molecule has 0 aliphatic heterocycles. The Morgan fingerprint density at radius 2 is 1.77 bits per heavy atom. The van der Waals surface area contributed by atoms with Crippen LogP contribution < -0.4 is 5.73 Å². The van der Waals surface area contributed by atoms with Gasteiger partial charge in [0.15, 0.2) is 0 Å². The number of hydrogen-bond donors (Lipinski definition) is 1. The Kier molecular flexibility index (Phi) is 3.77. The van der Waals surface area contributed by atoms with Crippen molar-refractivity contribution in [2.45, 2.75) is 27.3 Å². The van der Waals surface area contributed by atoms with E-state index in [2.05, 4.69) is 61.4 Å². The zero-order valence-electron chi connectivity index (χ0n) is 13.2. The first-order chi connectivity index (χ1) is 10.6. The molecule has 0 saturated heterocycles. The molecule has 0 bridgehead atoms. The van der Waals surface area contributed by atoms with Crippen molar-refractivity contribution in [3.63, 3.8) is 0 Å². The van der Waals surface area contributed by atoms with Crippen molar-refractivity contribution < 1.29 is 0 Å². The number of aromatic nitrogens is 3. The fourth-order valence-electron chi connectivity index (χ4n) is 2.67. The van der Waals surface area contributed by atoms with Gasteiger partial charge in [-0.25, -0.2) is 4.68 Å². The lowest BCUT2D eigenvalue weighted by molar-refractivity contribution is 0.795. The monoisotopic (exact) mass is 292 g/mol. The number of aryl methyl sites for hydroxylation is 3. The van der Waals surface area contributed by atoms with Crippen LogP contribution in [0.5, 0.6) is 0 Å². The molecule has 0 atom stereocenters. The van der Waals surface area contributed by atoms with Crippen LogP contribution >= 0.6 is 0 Å². The largest absolute Gasteiger partial charge is 0.325 e. The fourth-order valence-corrected chi connectivity index (χ4v) is 2.67. The van der Waals surface area contributed by atoms with Gasteiger partial charge in [-0.1, -0.05) is 41.6 Å². The zero-order valence-corrected chi connectivity index (χ0v) is 13.2. The second kappa shape index (κ2) is 5.73. The molecule has 4 heteroatoms. The van der Waals surface area contributed by atoms with Crippen LogP contribution in [0, 0.1) is 20.8 Å². The van der Waals surface area contributed by atoms with Crippen molar-refractivity contribution in [2.75, 3.05) is 0 Å². The Morgan fingerprint density at radius 3 is 2.50 bits per heavy atom. The average Bonchev–Trinajstić information content (AvgIpc) is 2.93. The molecular weight excluding hydrogens is 272 g/mol. The van der Waals surface area contributed by atoms with Gasteiger partial charge >= 0.3 is 0 Å². The number of rotatable bonds is 3. The first kappa shape index (κ1) is 14.5. The van der Waals surface area contributed by atoms with E-state index in [0.717, 1.165) is 28.2 Å². The molecule has 1 aromatic heterocycles. The van der Waals surface area contributed by atoms with Gasteiger partial charge < -0.3 is 5.73 Å². The molecule has 3 rings (SSSR count). The van der Waals surface area contributed by atoms with Gasteiger partial charge in [-0.15, -0.1) is 5.10 Å². The molecule has 2 aromatic carbocycles. The summed E-state index contributed by atoms with van der Waals surface area (Å²) in [6, 6.07) is 14.6. The number of hydrogen-bond acceptors (Lipinski definition) is 3. The van der Waals surface area contributed by atoms with Gasteiger partial charge in [0, 0.05) is 12.1 Å². The number of nitrogens with zero attached hydrogens (tertiary/aromatic N) is 3. The quantitative estimate of drug-likeness (QED) is 0.805. The molecule has 0 amide bonds. The van der Waals surface area contributed by atoms with Crippen molar-refractivity contribution in [3.8, 4) is 16.9 Å². The first-order valence-electron chi connectivity index (χ1n) is 7.40. The molecule has 2 N–H and O–H groups in total. The van der Waals surface area contributed by atoms with Crippen LogP contribution in [0.2, 0.25) is 0 Å². The van der Waals surface area contributed by atoms with Crippen LogP contribution in [-0.4, -0.2) is 15.0 Å². The van der Waals surface area contributed by atoms with Crippen LogP contribution in [0.15, 0.2) is 42.5 Å². The Labute approximate surface area is 130 Å². The molecule has 0 radical (unpaired) electrons. The molecule has 112 valence electrons. The van der Waals surface area contributed by atoms with Gasteiger partial charge in [-0.3, -0.25) is 0 Å². The van der Waals surface area contributed by atoms with E-state index < -0.39 is 0 Å². The third kappa shape index (κ3) is 2.42. The molecule has 3 aromatic rings. The third-order valence-corrected chi connectivity index (χ3v) is 3.93. The highest BCUT2D eigenvalue weighted by molar-refractivity contribution is 5.68. The lowest BCUT2D eigenvalue weighted by Crippen LogP contribution is -2.05. The maximum atomic E-state index is 5.88. The van der Waals surface area contributed by atoms with Gasteiger partial charge in [-0.2, -0.15) is 0 Å². The van der Waals surface area contributed by atoms with Crippen molar-refractivity contribution in [1.82, 2.24) is 15.0 Å². The van der Waals surface area contributed by atoms with Gasteiger partial charge in [-0.05, 0) is 43.5 Å². The van der Waals surface area contributed by atoms with E-state index in [1.807, 2.05) is 16.8 Å². The average molecular weight is 292 g/mol. The van der Waals surface area contributed by atoms with Gasteiger partial charge in [0.1, 0.15) is 5.69 Å². The summed E-state index contributed by atoms with van der Waals surface area (Å²) in [7, 11) is 0. The smallest absolute Gasteiger partial charge is 0.105 e. The predicted octanol–water partition coefficient (Wildman–Crippen LogP) is 3.32. The Bertz CT molecular complexity index is 818. The van der Waals surface area contributed by atoms with Crippen LogP contribution in [0.3, 0.4) is 0 Å². The third-order valence-electron chi connectivity index (χ3n) is 3.93. The van der Waals surface area contributed by atoms with E-state index in [4.69, 9.17) is 5.73 Å². The first-order valence-corrected chi connectivity index (χ1v) is 7.40. The van der Waals surface area contributed by atoms with Crippen molar-refractivity contribution in [3.05, 3.63) is 64.8 Å². The molecule has 0 fully saturated rings. The molecule has 0 spiro atoms. The normalized spacial score (nSPS) is 10.9. The minimum Gasteiger partial charge on any atom is -0.325 e. The van der Waals surface area contributed by atoms with Gasteiger partial charge in [0.25, 0.3) is 0 Å². The van der Waals surface area contributed by atoms with Crippen LogP contribution in [0.4, 0.5) is 0 Å². The zero-order chi connectivity index (χ0) is 15.7.